The van der Waals surface area contributed by atoms with E-state index < -0.39 is 17.1 Å². The van der Waals surface area contributed by atoms with Gasteiger partial charge in [0.15, 0.2) is 0 Å². The third-order valence-corrected chi connectivity index (χ3v) is 2.23. The molecule has 0 bridgehead atoms. The molecular weight excluding hydrogens is 182 g/mol. The smallest absolute Gasteiger partial charge is 0.241 e. The van der Waals surface area contributed by atoms with E-state index in [1.807, 2.05) is 0 Å². The van der Waals surface area contributed by atoms with Crippen LogP contribution in [-0.2, 0) is 0 Å². The molecule has 0 saturated heterocycles. The topological polar surface area (TPSA) is 63.4 Å². The highest BCUT2D eigenvalue weighted by atomic mass is 16.6. The first kappa shape index (κ1) is 13.1. The molecule has 0 aliphatic rings. The van der Waals surface area contributed by atoms with Crippen LogP contribution >= 0.6 is 0 Å². The first-order valence-electron chi connectivity index (χ1n) is 5.05. The van der Waals surface area contributed by atoms with E-state index in [0.29, 0.717) is 6.42 Å². The van der Waals surface area contributed by atoms with Gasteiger partial charge in [-0.2, -0.15) is 0 Å². The van der Waals surface area contributed by atoms with Gasteiger partial charge < -0.3 is 5.11 Å². The van der Waals surface area contributed by atoms with Crippen LogP contribution in [0.1, 0.15) is 39.0 Å². The zero-order valence-corrected chi connectivity index (χ0v) is 8.69. The molecule has 0 aromatic heterocycles. The van der Waals surface area contributed by atoms with Crippen molar-refractivity contribution in [2.45, 2.75) is 51.2 Å². The Kier molecular flexibility index (Phi) is 7.02. The zero-order valence-electron chi connectivity index (χ0n) is 8.69. The second kappa shape index (κ2) is 7.50. The number of nitro groups is 1. The molecule has 14 heavy (non-hydrogen) atoms. The maximum absolute atomic E-state index is 10.6. The van der Waals surface area contributed by atoms with Crippen molar-refractivity contribution in [2.75, 3.05) is 0 Å². The monoisotopic (exact) mass is 201 g/mol. The van der Waals surface area contributed by atoms with E-state index in [4.69, 9.17) is 0 Å². The lowest BCUT2D eigenvalue weighted by molar-refractivity contribution is -0.533. The number of aliphatic hydroxyl groups excluding tert-OH is 1. The number of rotatable bonds is 8. The summed E-state index contributed by atoms with van der Waals surface area (Å²) in [6, 6.07) is -0.885. The number of aliphatic hydroxyl groups is 1. The Morgan fingerprint density at radius 3 is 2.64 bits per heavy atom. The van der Waals surface area contributed by atoms with Crippen LogP contribution in [0.4, 0.5) is 0 Å². The molecule has 0 unspecified atom stereocenters. The van der Waals surface area contributed by atoms with Crippen molar-refractivity contribution in [1.82, 2.24) is 0 Å². The van der Waals surface area contributed by atoms with Crippen molar-refractivity contribution in [2.24, 2.45) is 0 Å². The van der Waals surface area contributed by atoms with Gasteiger partial charge in [-0.15, -0.1) is 6.58 Å². The third-order valence-electron chi connectivity index (χ3n) is 2.23. The summed E-state index contributed by atoms with van der Waals surface area (Å²) in [6.07, 6.45) is 4.30. The molecule has 1 N–H and O–H groups in total. The van der Waals surface area contributed by atoms with Crippen molar-refractivity contribution >= 4 is 0 Å². The Morgan fingerprint density at radius 1 is 1.57 bits per heavy atom. The van der Waals surface area contributed by atoms with Crippen molar-refractivity contribution in [1.29, 1.82) is 0 Å². The summed E-state index contributed by atoms with van der Waals surface area (Å²) >= 11 is 0. The Hall–Kier alpha value is -0.900. The van der Waals surface area contributed by atoms with E-state index in [9.17, 15) is 15.2 Å². The average Bonchev–Trinajstić information content (AvgIpc) is 2.13. The molecule has 0 aromatic carbocycles. The van der Waals surface area contributed by atoms with Crippen molar-refractivity contribution in [3.8, 4) is 0 Å². The van der Waals surface area contributed by atoms with E-state index in [1.165, 1.54) is 6.08 Å². The predicted octanol–water partition coefficient (Wildman–Crippen LogP) is 2.15. The van der Waals surface area contributed by atoms with Crippen LogP contribution in [0.2, 0.25) is 0 Å². The van der Waals surface area contributed by atoms with Crippen LogP contribution in [0.5, 0.6) is 0 Å². The highest BCUT2D eigenvalue weighted by Gasteiger charge is 2.27. The first-order chi connectivity index (χ1) is 6.63. The van der Waals surface area contributed by atoms with Crippen LogP contribution in [0.15, 0.2) is 12.7 Å². The molecule has 0 rings (SSSR count). The van der Waals surface area contributed by atoms with E-state index in [2.05, 4.69) is 13.5 Å². The van der Waals surface area contributed by atoms with Gasteiger partial charge in [0.1, 0.15) is 6.10 Å². The van der Waals surface area contributed by atoms with Gasteiger partial charge in [-0.1, -0.05) is 32.3 Å². The molecule has 0 radical (unpaired) electrons. The fourth-order valence-electron chi connectivity index (χ4n) is 1.35. The molecule has 0 aliphatic carbocycles. The number of nitrogens with zero attached hydrogens (tertiary/aromatic N) is 1. The summed E-state index contributed by atoms with van der Waals surface area (Å²) in [7, 11) is 0. The lowest BCUT2D eigenvalue weighted by Gasteiger charge is -2.14. The van der Waals surface area contributed by atoms with E-state index >= 15 is 0 Å². The SMILES string of the molecule is C=CC[C@@H]([C@H](O)CCCCC)[N+](=O)[O-]. The molecule has 0 amide bonds. The van der Waals surface area contributed by atoms with Crippen molar-refractivity contribution < 1.29 is 10.0 Å². The summed E-state index contributed by atoms with van der Waals surface area (Å²) < 4.78 is 0. The maximum Gasteiger partial charge on any atom is 0.241 e. The highest BCUT2D eigenvalue weighted by Crippen LogP contribution is 2.11. The van der Waals surface area contributed by atoms with Crippen molar-refractivity contribution in [3.63, 3.8) is 0 Å². The second-order valence-electron chi connectivity index (χ2n) is 3.44. The zero-order chi connectivity index (χ0) is 11.0. The fraction of sp³-hybridized carbons (Fsp3) is 0.800. The van der Waals surface area contributed by atoms with Gasteiger partial charge in [-0.3, -0.25) is 10.1 Å². The summed E-state index contributed by atoms with van der Waals surface area (Å²) in [5.41, 5.74) is 0. The standard InChI is InChI=1S/C10H19NO3/c1-3-5-6-8-10(12)9(7-4-2)11(13)14/h4,9-10,12H,2-3,5-8H2,1H3/t9-,10+/m0/s1. The van der Waals surface area contributed by atoms with Gasteiger partial charge in [0.05, 0.1) is 0 Å². The molecule has 4 heteroatoms. The van der Waals surface area contributed by atoms with Gasteiger partial charge in [0, 0.05) is 11.3 Å². The Bertz CT molecular complexity index is 182. The lowest BCUT2D eigenvalue weighted by Crippen LogP contribution is -2.33. The van der Waals surface area contributed by atoms with Crippen LogP contribution in [0.3, 0.4) is 0 Å². The summed E-state index contributed by atoms with van der Waals surface area (Å²) in [6.45, 7) is 5.50. The van der Waals surface area contributed by atoms with Gasteiger partial charge in [-0.05, 0) is 6.42 Å². The molecule has 0 aromatic rings. The molecule has 0 saturated carbocycles. The summed E-state index contributed by atoms with van der Waals surface area (Å²) in [4.78, 5) is 10.1. The molecule has 2 atom stereocenters. The van der Waals surface area contributed by atoms with Gasteiger partial charge in [-0.25, -0.2) is 0 Å². The van der Waals surface area contributed by atoms with Crippen LogP contribution in [-0.4, -0.2) is 22.2 Å². The molecule has 82 valence electrons. The summed E-state index contributed by atoms with van der Waals surface area (Å²) in [5, 5.41) is 20.1. The van der Waals surface area contributed by atoms with E-state index in [-0.39, 0.29) is 6.42 Å². The molecule has 0 fully saturated rings. The third kappa shape index (κ3) is 4.97. The van der Waals surface area contributed by atoms with Crippen LogP contribution < -0.4 is 0 Å². The minimum atomic E-state index is -0.885. The molecule has 4 nitrogen and oxygen atoms in total. The lowest BCUT2D eigenvalue weighted by atomic mass is 10.0. The maximum atomic E-state index is 10.6. The second-order valence-corrected chi connectivity index (χ2v) is 3.44. The van der Waals surface area contributed by atoms with E-state index in [1.54, 1.807) is 0 Å². The van der Waals surface area contributed by atoms with Gasteiger partial charge >= 0.3 is 0 Å². The van der Waals surface area contributed by atoms with Crippen molar-refractivity contribution in [3.05, 3.63) is 22.8 Å². The van der Waals surface area contributed by atoms with Gasteiger partial charge in [0.2, 0.25) is 6.04 Å². The van der Waals surface area contributed by atoms with Gasteiger partial charge in [0.25, 0.3) is 0 Å². The van der Waals surface area contributed by atoms with E-state index in [0.717, 1.165) is 19.3 Å². The minimum Gasteiger partial charge on any atom is -0.386 e. The predicted molar refractivity (Wildman–Crippen MR) is 55.7 cm³/mol. The van der Waals surface area contributed by atoms with Crippen LogP contribution in [0.25, 0.3) is 0 Å². The average molecular weight is 201 g/mol. The normalized spacial score (nSPS) is 14.7. The molecular formula is C10H19NO3. The largest absolute Gasteiger partial charge is 0.386 e. The molecule has 0 aliphatic heterocycles. The Balaban J connectivity index is 3.94. The number of unbranched alkanes of at least 4 members (excludes halogenated alkanes) is 2. The molecule has 0 spiro atoms. The minimum absolute atomic E-state index is 0.236. The Labute approximate surface area is 84.8 Å². The van der Waals surface area contributed by atoms with Crippen LogP contribution in [0, 0.1) is 10.1 Å². The Morgan fingerprint density at radius 2 is 2.21 bits per heavy atom. The number of hydrogen-bond donors (Lipinski definition) is 1. The summed E-state index contributed by atoms with van der Waals surface area (Å²) in [5.74, 6) is 0. The molecule has 0 heterocycles. The fourth-order valence-corrected chi connectivity index (χ4v) is 1.35. The first-order valence-corrected chi connectivity index (χ1v) is 5.05. The quantitative estimate of drug-likeness (QED) is 0.283. The highest BCUT2D eigenvalue weighted by molar-refractivity contribution is 4.78. The number of hydrogen-bond acceptors (Lipinski definition) is 3.